The van der Waals surface area contributed by atoms with Gasteiger partial charge in [-0.3, -0.25) is 4.99 Å². The molecule has 0 bridgehead atoms. The van der Waals surface area contributed by atoms with E-state index in [-0.39, 0.29) is 18.4 Å². The Morgan fingerprint density at radius 3 is 2.19 bits per heavy atom. The summed E-state index contributed by atoms with van der Waals surface area (Å²) in [4.78, 5) is 7.54. The largest absolute Gasteiger partial charge is 0.359 e. The fourth-order valence-electron chi connectivity index (χ4n) is 3.65. The Hall–Kier alpha value is -2.58. The van der Waals surface area contributed by atoms with Crippen LogP contribution < -0.4 is 0 Å². The number of nitrogens with zero attached hydrogens (tertiary/aromatic N) is 2. The Morgan fingerprint density at radius 2 is 1.44 bits per heavy atom. The third-order valence-electron chi connectivity index (χ3n) is 5.07. The topological polar surface area (TPSA) is 15.6 Å². The maximum absolute atomic E-state index is 5.23. The van der Waals surface area contributed by atoms with Gasteiger partial charge in [-0.15, -0.1) is 12.4 Å². The molecule has 3 aromatic carbocycles. The van der Waals surface area contributed by atoms with E-state index in [1.54, 1.807) is 0 Å². The number of halogens is 1. The zero-order chi connectivity index (χ0) is 17.8. The molecule has 0 saturated carbocycles. The van der Waals surface area contributed by atoms with Crippen molar-refractivity contribution in [3.05, 3.63) is 107 Å². The molecule has 138 valence electrons. The van der Waals surface area contributed by atoms with Crippen LogP contribution >= 0.6 is 12.4 Å². The van der Waals surface area contributed by atoms with Crippen LogP contribution in [-0.2, 0) is 13.0 Å². The van der Waals surface area contributed by atoms with Crippen molar-refractivity contribution in [1.82, 2.24) is 4.90 Å². The van der Waals surface area contributed by atoms with Crippen molar-refractivity contribution in [3.8, 4) is 0 Å². The molecule has 0 aromatic heterocycles. The van der Waals surface area contributed by atoms with E-state index in [0.717, 1.165) is 19.4 Å². The minimum atomic E-state index is 0. The highest BCUT2D eigenvalue weighted by molar-refractivity contribution is 5.85. The van der Waals surface area contributed by atoms with Crippen molar-refractivity contribution in [3.63, 3.8) is 0 Å². The Kier molecular flexibility index (Phi) is 6.31. The first-order valence-corrected chi connectivity index (χ1v) is 9.26. The van der Waals surface area contributed by atoms with Crippen molar-refractivity contribution in [2.45, 2.75) is 25.4 Å². The van der Waals surface area contributed by atoms with Gasteiger partial charge in [0.15, 0.2) is 0 Å². The van der Waals surface area contributed by atoms with Gasteiger partial charge in [-0.05, 0) is 28.7 Å². The van der Waals surface area contributed by atoms with Gasteiger partial charge in [0.25, 0.3) is 0 Å². The SMILES string of the molecule is CN1Cc2ccccc2C(c2ccccc2)N=C1CCc1ccccc1.Cl. The molecule has 0 radical (unpaired) electrons. The van der Waals surface area contributed by atoms with E-state index in [1.807, 2.05) is 0 Å². The molecule has 0 amide bonds. The van der Waals surface area contributed by atoms with Crippen molar-refractivity contribution in [2.75, 3.05) is 7.05 Å². The Balaban J connectivity index is 0.00000210. The molecular formula is C24H25ClN2. The molecule has 1 unspecified atom stereocenters. The van der Waals surface area contributed by atoms with Gasteiger partial charge in [0.2, 0.25) is 0 Å². The minimum absolute atomic E-state index is 0. The van der Waals surface area contributed by atoms with E-state index >= 15 is 0 Å². The predicted octanol–water partition coefficient (Wildman–Crippen LogP) is 5.67. The van der Waals surface area contributed by atoms with Gasteiger partial charge in [-0.25, -0.2) is 0 Å². The molecule has 1 atom stereocenters. The smallest absolute Gasteiger partial charge is 0.102 e. The molecule has 1 heterocycles. The molecule has 4 rings (SSSR count). The first-order valence-electron chi connectivity index (χ1n) is 9.26. The highest BCUT2D eigenvalue weighted by atomic mass is 35.5. The lowest BCUT2D eigenvalue weighted by Gasteiger charge is -2.20. The quantitative estimate of drug-likeness (QED) is 0.572. The average Bonchev–Trinajstić information content (AvgIpc) is 2.84. The molecule has 3 aromatic rings. The lowest BCUT2D eigenvalue weighted by Crippen LogP contribution is -2.26. The minimum Gasteiger partial charge on any atom is -0.359 e. The molecular weight excluding hydrogens is 352 g/mol. The van der Waals surface area contributed by atoms with Crippen LogP contribution in [0.2, 0.25) is 0 Å². The van der Waals surface area contributed by atoms with E-state index in [9.17, 15) is 0 Å². The van der Waals surface area contributed by atoms with Crippen LogP contribution in [0.4, 0.5) is 0 Å². The Morgan fingerprint density at radius 1 is 0.815 bits per heavy atom. The summed E-state index contributed by atoms with van der Waals surface area (Å²) in [6.07, 6.45) is 1.97. The molecule has 0 saturated heterocycles. The number of rotatable bonds is 4. The van der Waals surface area contributed by atoms with Gasteiger partial charge in [0.05, 0.1) is 0 Å². The predicted molar refractivity (Wildman–Crippen MR) is 116 cm³/mol. The number of aliphatic imine (C=N–C) groups is 1. The summed E-state index contributed by atoms with van der Waals surface area (Å²) in [5.74, 6) is 1.18. The average molecular weight is 377 g/mol. The van der Waals surface area contributed by atoms with Gasteiger partial charge in [0, 0.05) is 20.0 Å². The summed E-state index contributed by atoms with van der Waals surface area (Å²) >= 11 is 0. The number of aryl methyl sites for hydroxylation is 1. The first kappa shape index (κ1) is 19.2. The van der Waals surface area contributed by atoms with Crippen molar-refractivity contribution in [2.24, 2.45) is 4.99 Å². The first-order chi connectivity index (χ1) is 12.8. The van der Waals surface area contributed by atoms with Gasteiger partial charge < -0.3 is 4.90 Å². The van der Waals surface area contributed by atoms with Gasteiger partial charge in [0.1, 0.15) is 11.9 Å². The van der Waals surface area contributed by atoms with Gasteiger partial charge in [-0.1, -0.05) is 84.9 Å². The molecule has 2 nitrogen and oxygen atoms in total. The van der Waals surface area contributed by atoms with E-state index in [2.05, 4.69) is 96.9 Å². The maximum atomic E-state index is 5.23. The standard InChI is InChI=1S/C24H24N2.ClH/c1-26-18-21-14-8-9-15-22(21)24(20-12-6-3-7-13-20)25-23(26)17-16-19-10-4-2-5-11-19;/h2-15,24H,16-18H2,1H3;1H. The molecule has 0 spiro atoms. The Labute approximate surface area is 168 Å². The van der Waals surface area contributed by atoms with Crippen molar-refractivity contribution < 1.29 is 0 Å². The highest BCUT2D eigenvalue weighted by Gasteiger charge is 2.23. The van der Waals surface area contributed by atoms with Crippen molar-refractivity contribution in [1.29, 1.82) is 0 Å². The van der Waals surface area contributed by atoms with Crippen LogP contribution in [0.1, 0.15) is 34.7 Å². The van der Waals surface area contributed by atoms with E-state index in [0.29, 0.717) is 0 Å². The van der Waals surface area contributed by atoms with Crippen LogP contribution in [0.25, 0.3) is 0 Å². The summed E-state index contributed by atoms with van der Waals surface area (Å²) in [5, 5.41) is 0. The molecule has 1 aliphatic heterocycles. The summed E-state index contributed by atoms with van der Waals surface area (Å²) in [7, 11) is 2.16. The lowest BCUT2D eigenvalue weighted by atomic mass is 9.95. The lowest BCUT2D eigenvalue weighted by molar-refractivity contribution is 0.490. The van der Waals surface area contributed by atoms with E-state index in [4.69, 9.17) is 4.99 Å². The third kappa shape index (κ3) is 4.40. The second kappa shape index (κ2) is 8.88. The maximum Gasteiger partial charge on any atom is 0.102 e. The molecule has 1 aliphatic rings. The summed E-state index contributed by atoms with van der Waals surface area (Å²) in [6.45, 7) is 0.910. The zero-order valence-corrected chi connectivity index (χ0v) is 16.4. The second-order valence-corrected chi connectivity index (χ2v) is 6.90. The summed E-state index contributed by atoms with van der Waals surface area (Å²) in [6, 6.07) is 30.1. The van der Waals surface area contributed by atoms with Crippen LogP contribution in [0.3, 0.4) is 0 Å². The highest BCUT2D eigenvalue weighted by Crippen LogP contribution is 2.32. The second-order valence-electron chi connectivity index (χ2n) is 6.90. The Bertz CT molecular complexity index is 891. The van der Waals surface area contributed by atoms with Crippen LogP contribution in [-0.4, -0.2) is 17.8 Å². The number of fused-ring (bicyclic) bond motifs is 1. The van der Waals surface area contributed by atoms with Crippen LogP contribution in [0.15, 0.2) is 89.9 Å². The number of hydrogen-bond donors (Lipinski definition) is 0. The summed E-state index contributed by atoms with van der Waals surface area (Å²) in [5.41, 5.74) is 5.30. The van der Waals surface area contributed by atoms with Crippen LogP contribution in [0.5, 0.6) is 0 Å². The molecule has 27 heavy (non-hydrogen) atoms. The number of benzene rings is 3. The monoisotopic (exact) mass is 376 g/mol. The van der Waals surface area contributed by atoms with Crippen LogP contribution in [0, 0.1) is 0 Å². The fourth-order valence-corrected chi connectivity index (χ4v) is 3.65. The fraction of sp³-hybridized carbons (Fsp3) is 0.208. The zero-order valence-electron chi connectivity index (χ0n) is 15.6. The normalized spacial score (nSPS) is 16.0. The van der Waals surface area contributed by atoms with Crippen molar-refractivity contribution >= 4 is 18.2 Å². The molecule has 0 N–H and O–H groups in total. The summed E-state index contributed by atoms with van der Waals surface area (Å²) < 4.78 is 0. The van der Waals surface area contributed by atoms with E-state index in [1.165, 1.54) is 28.1 Å². The van der Waals surface area contributed by atoms with Gasteiger partial charge in [-0.2, -0.15) is 0 Å². The van der Waals surface area contributed by atoms with Gasteiger partial charge >= 0.3 is 0 Å². The molecule has 0 fully saturated rings. The molecule has 3 heteroatoms. The number of amidine groups is 1. The number of hydrogen-bond acceptors (Lipinski definition) is 2. The molecule has 0 aliphatic carbocycles. The van der Waals surface area contributed by atoms with E-state index < -0.39 is 0 Å². The third-order valence-corrected chi connectivity index (χ3v) is 5.07.